The summed E-state index contributed by atoms with van der Waals surface area (Å²) in [5, 5.41) is 7.83. The van der Waals surface area contributed by atoms with Crippen molar-refractivity contribution in [2.45, 2.75) is 12.0 Å². The van der Waals surface area contributed by atoms with Crippen LogP contribution in [-0.2, 0) is 28.6 Å². The standard InChI is InChI=1S/C16H20N4O3/c1-19-14(9-17-18-19)16(23-3)10-20(11-16)15(21)8-12-4-6-13(22-2)7-5-12/h4-7,9H,8,10-11H2,1-3H3. The number of nitrogens with zero attached hydrogens (tertiary/aromatic N) is 4. The third-order valence-electron chi connectivity index (χ3n) is 4.33. The lowest BCUT2D eigenvalue weighted by Crippen LogP contribution is -2.63. The lowest BCUT2D eigenvalue weighted by molar-refractivity contribution is -0.165. The number of hydrogen-bond acceptors (Lipinski definition) is 5. The third kappa shape index (κ3) is 2.79. The lowest BCUT2D eigenvalue weighted by Gasteiger charge is -2.48. The van der Waals surface area contributed by atoms with Crippen LogP contribution in [-0.4, -0.2) is 53.1 Å². The second-order valence-electron chi connectivity index (χ2n) is 5.72. The zero-order valence-corrected chi connectivity index (χ0v) is 13.5. The molecule has 0 spiro atoms. The summed E-state index contributed by atoms with van der Waals surface area (Å²) >= 11 is 0. The number of amides is 1. The topological polar surface area (TPSA) is 69.5 Å². The van der Waals surface area contributed by atoms with E-state index in [-0.39, 0.29) is 5.91 Å². The molecular formula is C16H20N4O3. The molecule has 0 atom stereocenters. The molecule has 1 aliphatic rings. The minimum absolute atomic E-state index is 0.0815. The Labute approximate surface area is 134 Å². The summed E-state index contributed by atoms with van der Waals surface area (Å²) in [4.78, 5) is 14.2. The number of likely N-dealkylation sites (tertiary alicyclic amines) is 1. The molecule has 3 rings (SSSR count). The molecule has 2 heterocycles. The minimum atomic E-state index is -0.506. The normalized spacial score (nSPS) is 16.0. The van der Waals surface area contributed by atoms with Gasteiger partial charge < -0.3 is 14.4 Å². The zero-order valence-electron chi connectivity index (χ0n) is 13.5. The van der Waals surface area contributed by atoms with Crippen molar-refractivity contribution in [3.8, 4) is 5.75 Å². The van der Waals surface area contributed by atoms with Crippen LogP contribution in [0.4, 0.5) is 0 Å². The van der Waals surface area contributed by atoms with E-state index in [1.807, 2.05) is 31.3 Å². The summed E-state index contributed by atoms with van der Waals surface area (Å²) in [6.07, 6.45) is 2.06. The van der Waals surface area contributed by atoms with E-state index in [2.05, 4.69) is 10.3 Å². The maximum atomic E-state index is 12.4. The number of hydrogen-bond donors (Lipinski definition) is 0. The Morgan fingerprint density at radius 2 is 1.96 bits per heavy atom. The number of methoxy groups -OCH3 is 2. The van der Waals surface area contributed by atoms with Gasteiger partial charge in [-0.05, 0) is 17.7 Å². The monoisotopic (exact) mass is 316 g/mol. The Balaban J connectivity index is 1.63. The third-order valence-corrected chi connectivity index (χ3v) is 4.33. The first-order chi connectivity index (χ1) is 11.1. The molecule has 0 bridgehead atoms. The van der Waals surface area contributed by atoms with Gasteiger partial charge in [-0.1, -0.05) is 17.3 Å². The summed E-state index contributed by atoms with van der Waals surface area (Å²) in [6, 6.07) is 7.54. The second kappa shape index (κ2) is 6.00. The highest BCUT2D eigenvalue weighted by Gasteiger charge is 2.49. The number of benzene rings is 1. The van der Waals surface area contributed by atoms with Gasteiger partial charge in [-0.3, -0.25) is 4.79 Å². The van der Waals surface area contributed by atoms with Gasteiger partial charge in [0.25, 0.3) is 0 Å². The van der Waals surface area contributed by atoms with Gasteiger partial charge in [0.1, 0.15) is 11.4 Å². The van der Waals surface area contributed by atoms with Crippen LogP contribution in [0.1, 0.15) is 11.3 Å². The molecule has 0 unspecified atom stereocenters. The van der Waals surface area contributed by atoms with Crippen molar-refractivity contribution in [3.05, 3.63) is 41.7 Å². The maximum absolute atomic E-state index is 12.4. The van der Waals surface area contributed by atoms with E-state index in [0.717, 1.165) is 17.0 Å². The van der Waals surface area contributed by atoms with Gasteiger partial charge in [-0.2, -0.15) is 0 Å². The molecule has 1 saturated heterocycles. The number of rotatable bonds is 5. The molecule has 1 amide bonds. The minimum Gasteiger partial charge on any atom is -0.497 e. The Bertz CT molecular complexity index is 690. The predicted octanol–water partition coefficient (Wildman–Crippen LogP) is 0.750. The van der Waals surface area contributed by atoms with Crippen molar-refractivity contribution in [2.24, 2.45) is 7.05 Å². The number of carbonyl (C=O) groups excluding carboxylic acids is 1. The molecule has 122 valence electrons. The van der Waals surface area contributed by atoms with E-state index in [4.69, 9.17) is 9.47 Å². The van der Waals surface area contributed by atoms with E-state index >= 15 is 0 Å². The largest absolute Gasteiger partial charge is 0.497 e. The Morgan fingerprint density at radius 1 is 1.26 bits per heavy atom. The molecule has 1 aromatic carbocycles. The van der Waals surface area contributed by atoms with Gasteiger partial charge in [0.15, 0.2) is 0 Å². The van der Waals surface area contributed by atoms with E-state index in [1.54, 1.807) is 30.0 Å². The number of ether oxygens (including phenoxy) is 2. The van der Waals surface area contributed by atoms with Crippen molar-refractivity contribution in [1.29, 1.82) is 0 Å². The molecule has 2 aromatic rings. The van der Waals surface area contributed by atoms with Gasteiger partial charge in [-0.15, -0.1) is 5.10 Å². The molecule has 1 fully saturated rings. The summed E-state index contributed by atoms with van der Waals surface area (Å²) in [7, 11) is 5.10. The number of aryl methyl sites for hydroxylation is 1. The first-order valence-corrected chi connectivity index (χ1v) is 7.39. The van der Waals surface area contributed by atoms with Crippen LogP contribution in [0.15, 0.2) is 30.5 Å². The summed E-state index contributed by atoms with van der Waals surface area (Å²) < 4.78 is 12.5. The van der Waals surface area contributed by atoms with Gasteiger partial charge in [-0.25, -0.2) is 4.68 Å². The van der Waals surface area contributed by atoms with Gasteiger partial charge in [0, 0.05) is 14.2 Å². The van der Waals surface area contributed by atoms with Crippen LogP contribution < -0.4 is 4.74 Å². The van der Waals surface area contributed by atoms with Gasteiger partial charge in [0.2, 0.25) is 5.91 Å². The highest BCUT2D eigenvalue weighted by molar-refractivity contribution is 5.80. The average Bonchev–Trinajstić information content (AvgIpc) is 2.94. The maximum Gasteiger partial charge on any atom is 0.227 e. The van der Waals surface area contributed by atoms with E-state index < -0.39 is 5.60 Å². The van der Waals surface area contributed by atoms with Crippen LogP contribution >= 0.6 is 0 Å². The SMILES string of the molecule is COc1ccc(CC(=O)N2CC(OC)(c3cnnn3C)C2)cc1. The van der Waals surface area contributed by atoms with E-state index in [9.17, 15) is 4.79 Å². The Morgan fingerprint density at radius 3 is 2.48 bits per heavy atom. The smallest absolute Gasteiger partial charge is 0.227 e. The molecule has 1 aliphatic heterocycles. The molecule has 0 radical (unpaired) electrons. The molecule has 0 aliphatic carbocycles. The van der Waals surface area contributed by atoms with Crippen LogP contribution in [0.2, 0.25) is 0 Å². The van der Waals surface area contributed by atoms with Gasteiger partial charge in [0.05, 0.1) is 38.5 Å². The molecule has 1 aromatic heterocycles. The predicted molar refractivity (Wildman–Crippen MR) is 83.0 cm³/mol. The van der Waals surface area contributed by atoms with E-state index in [1.165, 1.54) is 0 Å². The highest BCUT2D eigenvalue weighted by Crippen LogP contribution is 2.34. The van der Waals surface area contributed by atoms with Crippen LogP contribution in [0.5, 0.6) is 5.75 Å². The first kappa shape index (κ1) is 15.5. The van der Waals surface area contributed by atoms with Crippen LogP contribution in [0.25, 0.3) is 0 Å². The van der Waals surface area contributed by atoms with E-state index in [0.29, 0.717) is 19.5 Å². The molecule has 7 nitrogen and oxygen atoms in total. The van der Waals surface area contributed by atoms with Crippen LogP contribution in [0.3, 0.4) is 0 Å². The van der Waals surface area contributed by atoms with Crippen LogP contribution in [0, 0.1) is 0 Å². The van der Waals surface area contributed by atoms with Crippen molar-refractivity contribution in [2.75, 3.05) is 27.3 Å². The fraction of sp³-hybridized carbons (Fsp3) is 0.438. The summed E-state index contributed by atoms with van der Waals surface area (Å²) in [5.74, 6) is 0.866. The zero-order chi connectivity index (χ0) is 16.4. The fourth-order valence-electron chi connectivity index (χ4n) is 2.87. The molecular weight excluding hydrogens is 296 g/mol. The first-order valence-electron chi connectivity index (χ1n) is 7.39. The van der Waals surface area contributed by atoms with Crippen molar-refractivity contribution >= 4 is 5.91 Å². The van der Waals surface area contributed by atoms with Crippen molar-refractivity contribution in [1.82, 2.24) is 19.9 Å². The average molecular weight is 316 g/mol. The highest BCUT2D eigenvalue weighted by atomic mass is 16.5. The molecule has 0 saturated carbocycles. The Kier molecular flexibility index (Phi) is 4.04. The van der Waals surface area contributed by atoms with Crippen molar-refractivity contribution < 1.29 is 14.3 Å². The van der Waals surface area contributed by atoms with Crippen molar-refractivity contribution in [3.63, 3.8) is 0 Å². The molecule has 7 heteroatoms. The second-order valence-corrected chi connectivity index (χ2v) is 5.72. The molecule has 0 N–H and O–H groups in total. The number of aromatic nitrogens is 3. The summed E-state index contributed by atoms with van der Waals surface area (Å²) in [6.45, 7) is 1.03. The molecule has 23 heavy (non-hydrogen) atoms. The van der Waals surface area contributed by atoms with Gasteiger partial charge >= 0.3 is 0 Å². The quantitative estimate of drug-likeness (QED) is 0.814. The lowest BCUT2D eigenvalue weighted by atomic mass is 9.89. The fourth-order valence-corrected chi connectivity index (χ4v) is 2.87. The Hall–Kier alpha value is -2.41. The summed E-state index contributed by atoms with van der Waals surface area (Å²) in [5.41, 5.74) is 1.34. The number of carbonyl (C=O) groups is 1.